The van der Waals surface area contributed by atoms with Crippen molar-refractivity contribution >= 4 is 23.4 Å². The van der Waals surface area contributed by atoms with Gasteiger partial charge in [0, 0.05) is 18.4 Å². The summed E-state index contributed by atoms with van der Waals surface area (Å²) < 4.78 is 15.0. The molecule has 24 heavy (non-hydrogen) atoms. The maximum atomic E-state index is 13.2. The lowest BCUT2D eigenvalue weighted by Crippen LogP contribution is -2.28. The van der Waals surface area contributed by atoms with Crippen molar-refractivity contribution in [1.29, 1.82) is 0 Å². The van der Waals surface area contributed by atoms with Gasteiger partial charge in [0.2, 0.25) is 0 Å². The number of rotatable bonds is 4. The fraction of sp³-hybridized carbons (Fsp3) is 0.111. The number of anilines is 1. The second-order valence-electron chi connectivity index (χ2n) is 5.14. The third-order valence-electron chi connectivity index (χ3n) is 3.66. The first kappa shape index (κ1) is 16.3. The van der Waals surface area contributed by atoms with Gasteiger partial charge in [0.1, 0.15) is 11.5 Å². The average Bonchev–Trinajstić information content (AvgIpc) is 3.06. The van der Waals surface area contributed by atoms with Crippen molar-refractivity contribution in [2.24, 2.45) is 0 Å². The van der Waals surface area contributed by atoms with Crippen LogP contribution in [0.4, 0.5) is 10.1 Å². The first-order valence-corrected chi connectivity index (χ1v) is 8.55. The number of thioether (sulfide) groups is 1. The molecule has 0 spiro atoms. The van der Waals surface area contributed by atoms with E-state index in [1.165, 1.54) is 23.9 Å². The number of amides is 1. The Morgan fingerprint density at radius 3 is 2.42 bits per heavy atom. The van der Waals surface area contributed by atoms with E-state index in [2.05, 4.69) is 4.98 Å². The highest BCUT2D eigenvalue weighted by molar-refractivity contribution is 7.98. The Labute approximate surface area is 143 Å². The van der Waals surface area contributed by atoms with Crippen LogP contribution in [0.2, 0.25) is 0 Å². The molecule has 0 aliphatic carbocycles. The predicted molar refractivity (Wildman–Crippen MR) is 94.5 cm³/mol. The van der Waals surface area contributed by atoms with E-state index in [9.17, 15) is 9.18 Å². The fourth-order valence-electron chi connectivity index (χ4n) is 2.41. The quantitative estimate of drug-likeness (QED) is 0.673. The Hall–Kier alpha value is -2.60. The van der Waals surface area contributed by atoms with Crippen molar-refractivity contribution in [2.45, 2.75) is 5.16 Å². The zero-order chi connectivity index (χ0) is 17.1. The minimum absolute atomic E-state index is 0.182. The Balaban J connectivity index is 2.04. The van der Waals surface area contributed by atoms with Crippen LogP contribution < -0.4 is 4.90 Å². The molecule has 0 saturated carbocycles. The van der Waals surface area contributed by atoms with E-state index in [1.54, 1.807) is 34.8 Å². The molecule has 1 aromatic heterocycles. The molecule has 0 bridgehead atoms. The molecule has 122 valence electrons. The smallest absolute Gasteiger partial charge is 0.276 e. The number of hydrogen-bond donors (Lipinski definition) is 0. The normalized spacial score (nSPS) is 10.6. The highest BCUT2D eigenvalue weighted by Crippen LogP contribution is 2.24. The van der Waals surface area contributed by atoms with Crippen molar-refractivity contribution in [3.05, 3.63) is 72.3 Å². The summed E-state index contributed by atoms with van der Waals surface area (Å²) in [6.45, 7) is 0. The topological polar surface area (TPSA) is 38.1 Å². The molecule has 2 aromatic carbocycles. The van der Waals surface area contributed by atoms with Crippen molar-refractivity contribution in [2.75, 3.05) is 18.2 Å². The van der Waals surface area contributed by atoms with Gasteiger partial charge in [-0.3, -0.25) is 9.36 Å². The van der Waals surface area contributed by atoms with Gasteiger partial charge in [-0.05, 0) is 42.7 Å². The second kappa shape index (κ2) is 6.88. The van der Waals surface area contributed by atoms with Crippen molar-refractivity contribution in [3.63, 3.8) is 0 Å². The molecular formula is C18H16FN3OS. The molecule has 0 saturated heterocycles. The van der Waals surface area contributed by atoms with E-state index in [4.69, 9.17) is 0 Å². The number of para-hydroxylation sites is 1. The summed E-state index contributed by atoms with van der Waals surface area (Å²) in [5.41, 5.74) is 1.92. The number of hydrogen-bond acceptors (Lipinski definition) is 3. The lowest BCUT2D eigenvalue weighted by molar-refractivity contribution is 0.0986. The van der Waals surface area contributed by atoms with E-state index in [-0.39, 0.29) is 11.7 Å². The molecule has 0 N–H and O–H groups in total. The largest absolute Gasteiger partial charge is 0.310 e. The predicted octanol–water partition coefficient (Wildman–Crippen LogP) is 4.01. The minimum Gasteiger partial charge on any atom is -0.310 e. The summed E-state index contributed by atoms with van der Waals surface area (Å²) in [6.07, 6.45) is 3.44. The number of carbonyl (C=O) groups is 1. The average molecular weight is 341 g/mol. The number of carbonyl (C=O) groups excluding carboxylic acids is 1. The molecule has 1 heterocycles. The van der Waals surface area contributed by atoms with Gasteiger partial charge in [0.15, 0.2) is 5.16 Å². The van der Waals surface area contributed by atoms with E-state index in [0.29, 0.717) is 16.5 Å². The molecule has 3 rings (SSSR count). The van der Waals surface area contributed by atoms with Gasteiger partial charge in [0.05, 0.1) is 6.20 Å². The number of benzene rings is 2. The van der Waals surface area contributed by atoms with Crippen LogP contribution in [0.15, 0.2) is 66.0 Å². The molecule has 1 amide bonds. The second-order valence-corrected chi connectivity index (χ2v) is 5.92. The van der Waals surface area contributed by atoms with Gasteiger partial charge in [-0.2, -0.15) is 0 Å². The molecule has 0 atom stereocenters. The van der Waals surface area contributed by atoms with E-state index in [1.807, 2.05) is 36.6 Å². The molecule has 0 aliphatic rings. The first-order chi connectivity index (χ1) is 11.6. The zero-order valence-electron chi connectivity index (χ0n) is 13.3. The lowest BCUT2D eigenvalue weighted by Gasteiger charge is -2.18. The fourth-order valence-corrected chi connectivity index (χ4v) is 2.95. The van der Waals surface area contributed by atoms with Gasteiger partial charge in [-0.25, -0.2) is 9.37 Å². The van der Waals surface area contributed by atoms with Gasteiger partial charge >= 0.3 is 0 Å². The Morgan fingerprint density at radius 1 is 1.12 bits per heavy atom. The molecule has 0 radical (unpaired) electrons. The van der Waals surface area contributed by atoms with Crippen molar-refractivity contribution < 1.29 is 9.18 Å². The van der Waals surface area contributed by atoms with E-state index < -0.39 is 0 Å². The van der Waals surface area contributed by atoms with Crippen molar-refractivity contribution in [1.82, 2.24) is 9.55 Å². The molecule has 0 fully saturated rings. The summed E-state index contributed by atoms with van der Waals surface area (Å²) in [4.78, 5) is 18.8. The summed E-state index contributed by atoms with van der Waals surface area (Å²) in [6, 6.07) is 15.4. The Morgan fingerprint density at radius 2 is 1.79 bits per heavy atom. The van der Waals surface area contributed by atoms with Crippen LogP contribution in [0.1, 0.15) is 10.5 Å². The van der Waals surface area contributed by atoms with Gasteiger partial charge in [-0.15, -0.1) is 0 Å². The molecule has 0 aliphatic heterocycles. The molecular weight excluding hydrogens is 325 g/mol. The summed E-state index contributed by atoms with van der Waals surface area (Å²) in [5, 5.41) is 0.673. The number of imidazole rings is 1. The summed E-state index contributed by atoms with van der Waals surface area (Å²) in [7, 11) is 1.72. The summed E-state index contributed by atoms with van der Waals surface area (Å²) in [5.74, 6) is -0.503. The third kappa shape index (κ3) is 3.05. The number of nitrogens with zero attached hydrogens (tertiary/aromatic N) is 3. The van der Waals surface area contributed by atoms with Crippen molar-refractivity contribution in [3.8, 4) is 5.69 Å². The lowest BCUT2D eigenvalue weighted by atomic mass is 10.2. The molecule has 6 heteroatoms. The van der Waals surface area contributed by atoms with Crippen LogP contribution in [-0.4, -0.2) is 28.8 Å². The number of halogens is 1. The molecule has 3 aromatic rings. The van der Waals surface area contributed by atoms with Crippen LogP contribution in [0.3, 0.4) is 0 Å². The highest BCUT2D eigenvalue weighted by atomic mass is 32.2. The first-order valence-electron chi connectivity index (χ1n) is 7.32. The maximum Gasteiger partial charge on any atom is 0.276 e. The Kier molecular flexibility index (Phi) is 4.66. The van der Waals surface area contributed by atoms with Gasteiger partial charge in [0.25, 0.3) is 5.91 Å². The monoisotopic (exact) mass is 341 g/mol. The maximum absolute atomic E-state index is 13.2. The van der Waals surface area contributed by atoms with Crippen LogP contribution in [0.25, 0.3) is 5.69 Å². The zero-order valence-corrected chi connectivity index (χ0v) is 14.1. The minimum atomic E-state index is -0.321. The third-order valence-corrected chi connectivity index (χ3v) is 4.32. The highest BCUT2D eigenvalue weighted by Gasteiger charge is 2.21. The van der Waals surface area contributed by atoms with Crippen LogP contribution >= 0.6 is 11.8 Å². The standard InChI is InChI=1S/C18H16FN3OS/c1-21(14-6-4-3-5-7-14)17(23)16-12-20-18(24-2)22(16)15-10-8-13(19)9-11-15/h3-12H,1-2H3. The molecule has 0 unspecified atom stereocenters. The summed E-state index contributed by atoms with van der Waals surface area (Å²) >= 11 is 1.43. The van der Waals surface area contributed by atoms with E-state index in [0.717, 1.165) is 5.69 Å². The SMILES string of the molecule is CSc1ncc(C(=O)N(C)c2ccccc2)n1-c1ccc(F)cc1. The Bertz CT molecular complexity index is 846. The van der Waals surface area contributed by atoms with E-state index >= 15 is 0 Å². The van der Waals surface area contributed by atoms with Gasteiger partial charge < -0.3 is 4.90 Å². The van der Waals surface area contributed by atoms with Gasteiger partial charge in [-0.1, -0.05) is 30.0 Å². The van der Waals surface area contributed by atoms with Crippen LogP contribution in [-0.2, 0) is 0 Å². The van der Waals surface area contributed by atoms with Crippen LogP contribution in [0, 0.1) is 5.82 Å². The molecule has 4 nitrogen and oxygen atoms in total. The van der Waals surface area contributed by atoms with Crippen LogP contribution in [0.5, 0.6) is 0 Å². The number of aromatic nitrogens is 2.